The smallest absolute Gasteiger partial charge is 0 e. The van der Waals surface area contributed by atoms with Crippen molar-refractivity contribution in [3.05, 3.63) is 32.9 Å². The molecule has 0 fully saturated rings. The van der Waals surface area contributed by atoms with Crippen molar-refractivity contribution in [2.24, 2.45) is 0 Å². The zero-order chi connectivity index (χ0) is 15.7. The van der Waals surface area contributed by atoms with E-state index in [1.165, 1.54) is 19.9 Å². The summed E-state index contributed by atoms with van der Waals surface area (Å²) in [5, 5.41) is 14.6. The summed E-state index contributed by atoms with van der Waals surface area (Å²) in [6.07, 6.45) is 1.50. The maximum Gasteiger partial charge on any atom is 0 e. The molecule has 0 saturated carbocycles. The van der Waals surface area contributed by atoms with E-state index in [0.29, 0.717) is 0 Å². The van der Waals surface area contributed by atoms with Crippen LogP contribution in [0.2, 0.25) is 19.6 Å². The largest absolute Gasteiger partial charge is 0.103 e. The van der Waals surface area contributed by atoms with Gasteiger partial charge in [-0.1, -0.05) is 25.7 Å². The van der Waals surface area contributed by atoms with Crippen LogP contribution in [-0.4, -0.2) is 8.80 Å². The second-order valence-electron chi connectivity index (χ2n) is 2.24. The average molecular weight is 348 g/mol. The Morgan fingerprint density at radius 1 is 1.00 bits per heavy atom. The molecule has 2 radical (unpaired) electrons. The van der Waals surface area contributed by atoms with Crippen LogP contribution in [0.15, 0.2) is 12.7 Å². The molecule has 100 valence electrons. The van der Waals surface area contributed by atoms with Crippen molar-refractivity contribution in [3.8, 4) is 12.1 Å². The maximum absolute atomic E-state index is 7.50. The van der Waals surface area contributed by atoms with Gasteiger partial charge in [-0.05, 0) is 6.92 Å². The third kappa shape index (κ3) is 3750. The van der Waals surface area contributed by atoms with E-state index in [1.54, 1.807) is 12.1 Å². The first kappa shape index (κ1) is 43.4. The minimum Gasteiger partial charge on any atom is -0.103 e. The Hall–Kier alpha value is -0.895. The van der Waals surface area contributed by atoms with Gasteiger partial charge in [-0.15, -0.1) is 6.58 Å². The number of nitrogens with zero attached hydrogens (tertiary/aromatic N) is 2. The first-order valence-corrected chi connectivity index (χ1v) is 7.17. The van der Waals surface area contributed by atoms with Gasteiger partial charge in [0.2, 0.25) is 0 Å². The molecule has 0 aliphatic heterocycles. The summed E-state index contributed by atoms with van der Waals surface area (Å²) in [4.78, 5) is 0. The topological polar surface area (TPSA) is 87.4 Å². The van der Waals surface area contributed by atoms with E-state index in [4.69, 9.17) is 19.8 Å². The molecule has 4 nitrogen and oxygen atoms in total. The molecule has 0 atom stereocenters. The van der Waals surface area contributed by atoms with Crippen molar-refractivity contribution in [1.29, 1.82) is 10.5 Å². The van der Waals surface area contributed by atoms with Gasteiger partial charge in [0.25, 0.3) is 0 Å². The van der Waals surface area contributed by atoms with Crippen molar-refractivity contribution in [2.45, 2.75) is 33.5 Å². The first-order chi connectivity index (χ1) is 7.97. The van der Waals surface area contributed by atoms with Crippen LogP contribution < -0.4 is 0 Å². The van der Waals surface area contributed by atoms with Crippen molar-refractivity contribution >= 4 is 8.80 Å². The minimum atomic E-state index is 0. The Morgan fingerprint density at radius 2 is 1.00 bits per heavy atom. The number of hydrogen-bond donors (Lipinski definition) is 0. The molecular weight excluding hydrogens is 328 g/mol. The molecule has 0 aliphatic rings. The molecule has 0 aromatic rings. The molecular formula is C12H20MoN2O2Si. The molecule has 0 aromatic heterocycles. The Balaban J connectivity index is -0.0000000163. The van der Waals surface area contributed by atoms with Crippen LogP contribution in [0.3, 0.4) is 0 Å². The van der Waals surface area contributed by atoms with Crippen LogP contribution in [0.4, 0.5) is 0 Å². The summed E-state index contributed by atoms with van der Waals surface area (Å²) in [6, 6.07) is 3.50. The third-order valence-electron chi connectivity index (χ3n) is 0. The van der Waals surface area contributed by atoms with Gasteiger partial charge in [0.05, 0.1) is 12.1 Å². The van der Waals surface area contributed by atoms with Crippen molar-refractivity contribution < 1.29 is 30.4 Å². The Labute approximate surface area is 128 Å². The number of nitriles is 2. The number of rotatable bonds is 0. The van der Waals surface area contributed by atoms with E-state index >= 15 is 0 Å². The molecule has 18 heavy (non-hydrogen) atoms. The van der Waals surface area contributed by atoms with E-state index in [2.05, 4.69) is 46.4 Å². The molecule has 0 aliphatic carbocycles. The SMILES string of the molecule is CC#N.CC#N.C[Si](C)C.[C-]#[O+].[C-]#[O+].[CH2]C=C.[Mo]. The zero-order valence-electron chi connectivity index (χ0n) is 11.6. The minimum absolute atomic E-state index is 0. The Kier molecular flexibility index (Phi) is 340. The monoisotopic (exact) mass is 350 g/mol. The molecule has 0 aromatic carbocycles. The molecule has 0 unspecified atom stereocenters. The summed E-state index contributed by atoms with van der Waals surface area (Å²) in [7, 11) is 0.120. The quantitative estimate of drug-likeness (QED) is 0.382. The van der Waals surface area contributed by atoms with E-state index in [-0.39, 0.29) is 29.9 Å². The number of hydrogen-bond acceptors (Lipinski definition) is 2. The average Bonchev–Trinajstić information content (AvgIpc) is 2.25. The molecule has 6 heteroatoms. The van der Waals surface area contributed by atoms with Gasteiger partial charge in [0.1, 0.15) is 0 Å². The van der Waals surface area contributed by atoms with Crippen LogP contribution >= 0.6 is 0 Å². The maximum atomic E-state index is 7.50. The van der Waals surface area contributed by atoms with E-state index < -0.39 is 0 Å². The molecule has 0 rings (SSSR count). The standard InChI is InChI=1S/C3H9Si.C3H5.2C2H3N.2CO.Mo/c1-4(2)3;1-3-2;2*1-2-3;2*1-2;/h1-3H3;3H,1-2H2;2*1H3;;;. The van der Waals surface area contributed by atoms with Crippen LogP contribution in [0.5, 0.6) is 0 Å². The van der Waals surface area contributed by atoms with Crippen LogP contribution in [0.25, 0.3) is 0 Å². The second-order valence-corrected chi connectivity index (χ2v) is 5.24. The van der Waals surface area contributed by atoms with E-state index in [9.17, 15) is 0 Å². The second kappa shape index (κ2) is 141. The summed E-state index contributed by atoms with van der Waals surface area (Å²) in [5.74, 6) is 0. The van der Waals surface area contributed by atoms with Crippen molar-refractivity contribution in [2.75, 3.05) is 0 Å². The fourth-order valence-electron chi connectivity index (χ4n) is 0. The normalized spacial score (nSPS) is 3.83. The molecule has 0 heterocycles. The van der Waals surface area contributed by atoms with Gasteiger partial charge in [0, 0.05) is 43.7 Å². The molecule has 0 spiro atoms. The fourth-order valence-corrected chi connectivity index (χ4v) is 0. The first-order valence-electron chi connectivity index (χ1n) is 4.17. The third-order valence-corrected chi connectivity index (χ3v) is 0. The van der Waals surface area contributed by atoms with Gasteiger partial charge < -0.3 is 0 Å². The fraction of sp³-hybridized carbons (Fsp3) is 0.417. The summed E-state index contributed by atoms with van der Waals surface area (Å²) in [5.41, 5.74) is 0. The van der Waals surface area contributed by atoms with Crippen LogP contribution in [-0.2, 0) is 30.4 Å². The van der Waals surface area contributed by atoms with Crippen molar-refractivity contribution in [1.82, 2.24) is 0 Å². The van der Waals surface area contributed by atoms with Gasteiger partial charge >= 0.3 is 22.6 Å². The van der Waals surface area contributed by atoms with Gasteiger partial charge in [0.15, 0.2) is 0 Å². The van der Waals surface area contributed by atoms with Crippen molar-refractivity contribution in [3.63, 3.8) is 0 Å². The predicted octanol–water partition coefficient (Wildman–Crippen LogP) is 3.36. The molecule has 0 saturated heterocycles. The summed E-state index contributed by atoms with van der Waals surface area (Å²) >= 11 is 0. The van der Waals surface area contributed by atoms with E-state index in [0.717, 1.165) is 0 Å². The van der Waals surface area contributed by atoms with Gasteiger partial charge in [-0.2, -0.15) is 10.5 Å². The van der Waals surface area contributed by atoms with Crippen LogP contribution in [0.1, 0.15) is 13.8 Å². The summed E-state index contributed by atoms with van der Waals surface area (Å²) < 4.78 is 15.0. The predicted molar refractivity (Wildman–Crippen MR) is 69.3 cm³/mol. The number of allylic oxidation sites excluding steroid dienone is 1. The Morgan fingerprint density at radius 3 is 1.00 bits per heavy atom. The Bertz CT molecular complexity index is 195. The molecule has 0 N–H and O–H groups in total. The van der Waals surface area contributed by atoms with E-state index in [1.807, 2.05) is 0 Å². The van der Waals surface area contributed by atoms with Gasteiger partial charge in [-0.3, -0.25) is 0 Å². The zero-order valence-corrected chi connectivity index (χ0v) is 14.6. The molecule has 0 bridgehead atoms. The molecule has 0 amide bonds. The summed E-state index contributed by atoms with van der Waals surface area (Å²) in [6.45, 7) is 25.2. The van der Waals surface area contributed by atoms with Gasteiger partial charge in [-0.25, -0.2) is 0 Å². The van der Waals surface area contributed by atoms with Crippen LogP contribution in [0, 0.1) is 42.9 Å².